The molecule has 1 aliphatic heterocycles. The Hall–Kier alpha value is -3.35. The van der Waals surface area contributed by atoms with E-state index in [9.17, 15) is 14.4 Å². The van der Waals surface area contributed by atoms with Gasteiger partial charge in [0.1, 0.15) is 5.75 Å². The molecule has 0 atom stereocenters. The zero-order valence-corrected chi connectivity index (χ0v) is 13.4. The van der Waals surface area contributed by atoms with Crippen LogP contribution in [-0.2, 0) is 11.3 Å². The second kappa shape index (κ2) is 5.62. The van der Waals surface area contributed by atoms with Crippen LogP contribution in [0.25, 0.3) is 11.1 Å². The quantitative estimate of drug-likeness (QED) is 0.681. The monoisotopic (exact) mass is 338 g/mol. The third-order valence-corrected chi connectivity index (χ3v) is 4.24. The fourth-order valence-corrected chi connectivity index (χ4v) is 2.84. The molecule has 0 spiro atoms. The van der Waals surface area contributed by atoms with Gasteiger partial charge < -0.3 is 14.1 Å². The number of Topliss-reactive ketones (excluding diaryl/α,β-unsaturated/α-hetero) is 1. The topological polar surface area (TPSA) is 81.8 Å². The van der Waals surface area contributed by atoms with Gasteiger partial charge >= 0.3 is 5.76 Å². The number of ketones is 1. The molecule has 0 bridgehead atoms. The highest BCUT2D eigenvalue weighted by molar-refractivity contribution is 6.01. The molecule has 126 valence electrons. The molecule has 2 aromatic carbocycles. The summed E-state index contributed by atoms with van der Waals surface area (Å²) in [5.41, 5.74) is 1.92. The number of fused-ring (bicyclic) bond motifs is 2. The number of likely N-dealkylation sites (N-methyl/N-ethyl adjacent to an activating group) is 1. The predicted molar refractivity (Wildman–Crippen MR) is 90.2 cm³/mol. The van der Waals surface area contributed by atoms with Gasteiger partial charge in [0.25, 0.3) is 5.91 Å². The van der Waals surface area contributed by atoms with Crippen LogP contribution < -0.4 is 15.4 Å². The molecule has 0 aliphatic carbocycles. The summed E-state index contributed by atoms with van der Waals surface area (Å²) in [6.07, 6.45) is 0. The average Bonchev–Trinajstić information content (AvgIpc) is 2.93. The Morgan fingerprint density at radius 3 is 2.80 bits per heavy atom. The minimum atomic E-state index is -0.580. The van der Waals surface area contributed by atoms with E-state index >= 15 is 0 Å². The van der Waals surface area contributed by atoms with Crippen molar-refractivity contribution in [2.45, 2.75) is 6.54 Å². The summed E-state index contributed by atoms with van der Waals surface area (Å²) in [4.78, 5) is 37.8. The molecule has 7 nitrogen and oxygen atoms in total. The molecule has 2 heterocycles. The third kappa shape index (κ3) is 2.50. The molecule has 1 aromatic heterocycles. The zero-order chi connectivity index (χ0) is 17.6. The van der Waals surface area contributed by atoms with Crippen molar-refractivity contribution in [1.82, 2.24) is 4.57 Å². The normalized spacial score (nSPS) is 13.6. The van der Waals surface area contributed by atoms with Crippen molar-refractivity contribution in [3.63, 3.8) is 0 Å². The van der Waals surface area contributed by atoms with Crippen molar-refractivity contribution in [3.8, 4) is 5.75 Å². The van der Waals surface area contributed by atoms with Gasteiger partial charge in [-0.3, -0.25) is 14.2 Å². The minimum Gasteiger partial charge on any atom is -0.482 e. The molecule has 1 amide bonds. The number of hydrogen-bond donors (Lipinski definition) is 0. The number of nitrogens with zero attached hydrogens (tertiary/aromatic N) is 2. The third-order valence-electron chi connectivity index (χ3n) is 4.24. The van der Waals surface area contributed by atoms with E-state index < -0.39 is 5.76 Å². The van der Waals surface area contributed by atoms with Gasteiger partial charge in [-0.1, -0.05) is 12.1 Å². The summed E-state index contributed by atoms with van der Waals surface area (Å²) in [6.45, 7) is -0.166. The lowest BCUT2D eigenvalue weighted by molar-refractivity contribution is -0.120. The average molecular weight is 338 g/mol. The van der Waals surface area contributed by atoms with E-state index in [1.165, 1.54) is 9.47 Å². The van der Waals surface area contributed by atoms with Crippen LogP contribution >= 0.6 is 0 Å². The van der Waals surface area contributed by atoms with Crippen LogP contribution in [-0.4, -0.2) is 29.9 Å². The summed E-state index contributed by atoms with van der Waals surface area (Å²) in [6, 6.07) is 11.8. The number of benzene rings is 2. The van der Waals surface area contributed by atoms with E-state index in [1.54, 1.807) is 49.5 Å². The first kappa shape index (κ1) is 15.2. The van der Waals surface area contributed by atoms with Crippen LogP contribution in [0.2, 0.25) is 0 Å². The van der Waals surface area contributed by atoms with Crippen LogP contribution in [0, 0.1) is 0 Å². The van der Waals surface area contributed by atoms with Gasteiger partial charge in [-0.25, -0.2) is 4.79 Å². The van der Waals surface area contributed by atoms with Gasteiger partial charge in [0, 0.05) is 12.6 Å². The fourth-order valence-electron chi connectivity index (χ4n) is 2.84. The van der Waals surface area contributed by atoms with Gasteiger partial charge in [0.05, 0.1) is 17.7 Å². The van der Waals surface area contributed by atoms with Crippen molar-refractivity contribution in [1.29, 1.82) is 0 Å². The second-order valence-corrected chi connectivity index (χ2v) is 5.77. The Morgan fingerprint density at radius 2 is 1.96 bits per heavy atom. The van der Waals surface area contributed by atoms with Gasteiger partial charge in [0.2, 0.25) is 0 Å². The van der Waals surface area contributed by atoms with Gasteiger partial charge in [-0.05, 0) is 30.3 Å². The van der Waals surface area contributed by atoms with Crippen molar-refractivity contribution in [3.05, 3.63) is 58.6 Å². The number of carbonyl (C=O) groups excluding carboxylic acids is 2. The van der Waals surface area contributed by atoms with E-state index in [1.807, 2.05) is 0 Å². The molecule has 4 rings (SSSR count). The number of aromatic nitrogens is 1. The first-order chi connectivity index (χ1) is 12.0. The Kier molecular flexibility index (Phi) is 3.42. The first-order valence-corrected chi connectivity index (χ1v) is 7.69. The SMILES string of the molecule is CN1C(=O)COc2ccc(C(=O)Cn3c(=O)oc4ccccc43)cc21. The maximum atomic E-state index is 12.6. The smallest absolute Gasteiger partial charge is 0.420 e. The number of rotatable bonds is 3. The molecule has 7 heteroatoms. The van der Waals surface area contributed by atoms with Crippen LogP contribution in [0.4, 0.5) is 5.69 Å². The van der Waals surface area contributed by atoms with Crippen molar-refractivity contribution in [2.24, 2.45) is 0 Å². The summed E-state index contributed by atoms with van der Waals surface area (Å²) < 4.78 is 11.8. The van der Waals surface area contributed by atoms with E-state index in [4.69, 9.17) is 9.15 Å². The van der Waals surface area contributed by atoms with Gasteiger partial charge in [-0.2, -0.15) is 0 Å². The molecule has 0 unspecified atom stereocenters. The lowest BCUT2D eigenvalue weighted by atomic mass is 10.1. The first-order valence-electron chi connectivity index (χ1n) is 7.69. The summed E-state index contributed by atoms with van der Waals surface area (Å²) >= 11 is 0. The summed E-state index contributed by atoms with van der Waals surface area (Å²) in [5.74, 6) is -0.482. The molecule has 1 aliphatic rings. The number of amides is 1. The number of oxazole rings is 1. The Balaban J connectivity index is 1.69. The number of ether oxygens (including phenoxy) is 1. The van der Waals surface area contributed by atoms with Crippen LogP contribution in [0.3, 0.4) is 0 Å². The molecule has 25 heavy (non-hydrogen) atoms. The second-order valence-electron chi connectivity index (χ2n) is 5.77. The van der Waals surface area contributed by atoms with Crippen LogP contribution in [0.5, 0.6) is 5.75 Å². The van der Waals surface area contributed by atoms with Crippen LogP contribution in [0.1, 0.15) is 10.4 Å². The van der Waals surface area contributed by atoms with Crippen LogP contribution in [0.15, 0.2) is 51.7 Å². The van der Waals surface area contributed by atoms with Crippen molar-refractivity contribution < 1.29 is 18.7 Å². The molecule has 3 aromatic rings. The number of para-hydroxylation sites is 2. The Labute approximate surface area is 142 Å². The zero-order valence-electron chi connectivity index (χ0n) is 13.4. The molecule has 0 saturated heterocycles. The minimum absolute atomic E-state index is 0.0206. The number of carbonyl (C=O) groups is 2. The summed E-state index contributed by atoms with van der Waals surface area (Å²) in [7, 11) is 1.63. The van der Waals surface area contributed by atoms with E-state index in [2.05, 4.69) is 0 Å². The fraction of sp³-hybridized carbons (Fsp3) is 0.167. The molecule has 0 N–H and O–H groups in total. The lowest BCUT2D eigenvalue weighted by Gasteiger charge is -2.26. The largest absolute Gasteiger partial charge is 0.482 e. The van der Waals surface area contributed by atoms with E-state index in [0.717, 1.165) is 0 Å². The van der Waals surface area contributed by atoms with Gasteiger partial charge in [-0.15, -0.1) is 0 Å². The van der Waals surface area contributed by atoms with Crippen molar-refractivity contribution in [2.75, 3.05) is 18.6 Å². The standard InChI is InChI=1S/C18H14N2O5/c1-19-13-8-11(6-7-15(13)24-10-17(19)22)14(21)9-20-12-4-2-3-5-16(12)25-18(20)23/h2-8H,9-10H2,1H3. The molecule has 0 fully saturated rings. The van der Waals surface area contributed by atoms with Crippen molar-refractivity contribution >= 4 is 28.5 Å². The lowest BCUT2D eigenvalue weighted by Crippen LogP contribution is -2.35. The molecule has 0 saturated carbocycles. The summed E-state index contributed by atoms with van der Waals surface area (Å²) in [5, 5.41) is 0. The van der Waals surface area contributed by atoms with E-state index in [-0.39, 0.29) is 24.8 Å². The maximum Gasteiger partial charge on any atom is 0.420 e. The predicted octanol–water partition coefficient (Wildman–Crippen LogP) is 1.83. The highest BCUT2D eigenvalue weighted by Crippen LogP contribution is 2.32. The Bertz CT molecular complexity index is 1060. The Morgan fingerprint density at radius 1 is 1.16 bits per heavy atom. The molecular weight excluding hydrogens is 324 g/mol. The highest BCUT2D eigenvalue weighted by atomic mass is 16.5. The van der Waals surface area contributed by atoms with E-state index in [0.29, 0.717) is 28.1 Å². The molecule has 0 radical (unpaired) electrons. The number of hydrogen-bond acceptors (Lipinski definition) is 5. The molecular formula is C18H14N2O5. The highest BCUT2D eigenvalue weighted by Gasteiger charge is 2.23. The maximum absolute atomic E-state index is 12.6. The van der Waals surface area contributed by atoms with Gasteiger partial charge in [0.15, 0.2) is 18.0 Å². The number of anilines is 1.